The lowest BCUT2D eigenvalue weighted by Crippen LogP contribution is -2.45. The Bertz CT molecular complexity index is 512. The lowest BCUT2D eigenvalue weighted by Gasteiger charge is -2.31. The molecule has 5 nitrogen and oxygen atoms in total. The van der Waals surface area contributed by atoms with Crippen LogP contribution in [0, 0.1) is 5.41 Å². The second kappa shape index (κ2) is 6.60. The van der Waals surface area contributed by atoms with Gasteiger partial charge in [0, 0.05) is 25.2 Å². The summed E-state index contributed by atoms with van der Waals surface area (Å²) in [6.45, 7) is 12.2. The van der Waals surface area contributed by atoms with Crippen LogP contribution in [0.15, 0.2) is 17.1 Å². The molecule has 0 bridgehead atoms. The van der Waals surface area contributed by atoms with E-state index in [0.29, 0.717) is 6.54 Å². The van der Waals surface area contributed by atoms with Gasteiger partial charge in [-0.2, -0.15) is 5.10 Å². The Hall–Kier alpha value is -1.36. The van der Waals surface area contributed by atoms with Crippen molar-refractivity contribution in [3.63, 3.8) is 0 Å². The van der Waals surface area contributed by atoms with Crippen LogP contribution in [0.5, 0.6) is 0 Å². The van der Waals surface area contributed by atoms with Crippen LogP contribution in [-0.4, -0.2) is 35.5 Å². The largest absolute Gasteiger partial charge is 0.370 e. The smallest absolute Gasteiger partial charge is 0.268 e. The highest BCUT2D eigenvalue weighted by Crippen LogP contribution is 2.21. The predicted molar refractivity (Wildman–Crippen MR) is 86.9 cm³/mol. The summed E-state index contributed by atoms with van der Waals surface area (Å²) in [5, 5.41) is 7.84. The van der Waals surface area contributed by atoms with Crippen LogP contribution in [0.3, 0.4) is 0 Å². The molecule has 0 saturated carbocycles. The molecule has 0 amide bonds. The van der Waals surface area contributed by atoms with Gasteiger partial charge in [-0.05, 0) is 24.8 Å². The molecule has 21 heavy (non-hydrogen) atoms. The Morgan fingerprint density at radius 1 is 1.33 bits per heavy atom. The molecule has 0 aliphatic carbocycles. The van der Waals surface area contributed by atoms with Crippen molar-refractivity contribution in [3.05, 3.63) is 22.6 Å². The van der Waals surface area contributed by atoms with E-state index >= 15 is 0 Å². The summed E-state index contributed by atoms with van der Waals surface area (Å²) >= 11 is 0. The molecule has 2 heterocycles. The van der Waals surface area contributed by atoms with Crippen LogP contribution < -0.4 is 15.8 Å². The first-order valence-electron chi connectivity index (χ1n) is 7.97. The van der Waals surface area contributed by atoms with E-state index in [2.05, 4.69) is 43.0 Å². The Kier molecular flexibility index (Phi) is 5.04. The van der Waals surface area contributed by atoms with E-state index in [-0.39, 0.29) is 17.0 Å². The Balaban J connectivity index is 2.14. The van der Waals surface area contributed by atoms with E-state index in [1.165, 1.54) is 12.8 Å². The van der Waals surface area contributed by atoms with Gasteiger partial charge in [0.2, 0.25) is 0 Å². The van der Waals surface area contributed by atoms with Crippen LogP contribution in [0.25, 0.3) is 0 Å². The average Bonchev–Trinajstić information content (AvgIpc) is 2.93. The lowest BCUT2D eigenvalue weighted by atomic mass is 9.86. The Labute approximate surface area is 127 Å². The molecule has 0 aromatic carbocycles. The minimum atomic E-state index is -0.00782. The zero-order valence-electron chi connectivity index (χ0n) is 13.7. The van der Waals surface area contributed by atoms with Crippen molar-refractivity contribution in [2.75, 3.05) is 24.5 Å². The third-order valence-corrected chi connectivity index (χ3v) is 4.18. The van der Waals surface area contributed by atoms with Gasteiger partial charge in [0.05, 0.1) is 18.4 Å². The van der Waals surface area contributed by atoms with E-state index < -0.39 is 0 Å². The highest BCUT2D eigenvalue weighted by molar-refractivity contribution is 5.43. The van der Waals surface area contributed by atoms with E-state index in [0.717, 1.165) is 25.3 Å². The van der Waals surface area contributed by atoms with Crippen molar-refractivity contribution in [1.82, 2.24) is 15.1 Å². The van der Waals surface area contributed by atoms with Crippen molar-refractivity contribution >= 4 is 5.69 Å². The van der Waals surface area contributed by atoms with Gasteiger partial charge >= 0.3 is 0 Å². The first kappa shape index (κ1) is 16.0. The first-order chi connectivity index (χ1) is 9.91. The topological polar surface area (TPSA) is 50.2 Å². The molecule has 1 fully saturated rings. The normalized spacial score (nSPS) is 17.2. The molecule has 1 unspecified atom stereocenters. The summed E-state index contributed by atoms with van der Waals surface area (Å²) < 4.78 is 1.58. The molecule has 0 radical (unpaired) electrons. The third-order valence-electron chi connectivity index (χ3n) is 4.18. The summed E-state index contributed by atoms with van der Waals surface area (Å²) in [4.78, 5) is 14.5. The summed E-state index contributed by atoms with van der Waals surface area (Å²) in [5.74, 6) is 0. The van der Waals surface area contributed by atoms with Gasteiger partial charge < -0.3 is 10.2 Å². The van der Waals surface area contributed by atoms with Gasteiger partial charge in [0.1, 0.15) is 0 Å². The second-order valence-corrected chi connectivity index (χ2v) is 6.90. The van der Waals surface area contributed by atoms with Crippen LogP contribution in [0.4, 0.5) is 5.69 Å². The fourth-order valence-corrected chi connectivity index (χ4v) is 2.77. The zero-order valence-corrected chi connectivity index (χ0v) is 13.7. The van der Waals surface area contributed by atoms with Gasteiger partial charge in [-0.1, -0.05) is 27.7 Å². The maximum Gasteiger partial charge on any atom is 0.268 e. The highest BCUT2D eigenvalue weighted by atomic mass is 16.1. The summed E-state index contributed by atoms with van der Waals surface area (Å²) in [6.07, 6.45) is 4.24. The minimum absolute atomic E-state index is 0.00782. The molecule has 5 heteroatoms. The molecule has 1 saturated heterocycles. The predicted octanol–water partition coefficient (Wildman–Crippen LogP) is 1.87. The van der Waals surface area contributed by atoms with Crippen molar-refractivity contribution < 1.29 is 0 Å². The average molecular weight is 292 g/mol. The molecule has 1 aliphatic rings. The second-order valence-electron chi connectivity index (χ2n) is 6.90. The van der Waals surface area contributed by atoms with E-state index in [1.54, 1.807) is 10.7 Å². The number of hydrogen-bond acceptors (Lipinski definition) is 4. The fraction of sp³-hybridized carbons (Fsp3) is 0.750. The first-order valence-corrected chi connectivity index (χ1v) is 7.97. The molecule has 0 spiro atoms. The molecule has 118 valence electrons. The SMILES string of the molecule is CCNC(Cn1ncc(N2CCCC2)cc1=O)C(C)(C)C. The number of likely N-dealkylation sites (N-methyl/N-ethyl adjacent to an activating group) is 1. The van der Waals surface area contributed by atoms with Crippen molar-refractivity contribution in [3.8, 4) is 0 Å². The van der Waals surface area contributed by atoms with Gasteiger partial charge in [-0.25, -0.2) is 4.68 Å². The lowest BCUT2D eigenvalue weighted by molar-refractivity contribution is 0.235. The van der Waals surface area contributed by atoms with Gasteiger partial charge in [-0.3, -0.25) is 4.79 Å². The highest BCUT2D eigenvalue weighted by Gasteiger charge is 2.25. The molecule has 1 N–H and O–H groups in total. The quantitative estimate of drug-likeness (QED) is 0.900. The standard InChI is InChI=1S/C16H28N4O/c1-5-17-14(16(2,3)4)12-20-15(21)10-13(11-18-20)19-8-6-7-9-19/h10-11,14,17H,5-9,12H2,1-4H3. The van der Waals surface area contributed by atoms with Gasteiger partial charge in [0.15, 0.2) is 0 Å². The van der Waals surface area contributed by atoms with Gasteiger partial charge in [0.25, 0.3) is 5.56 Å². The number of nitrogens with zero attached hydrogens (tertiary/aromatic N) is 3. The van der Waals surface area contributed by atoms with Gasteiger partial charge in [-0.15, -0.1) is 0 Å². The minimum Gasteiger partial charge on any atom is -0.370 e. The molecule has 2 rings (SSSR count). The molecule has 1 aromatic rings. The molecule has 1 aliphatic heterocycles. The van der Waals surface area contributed by atoms with Crippen LogP contribution in [0.2, 0.25) is 0 Å². The van der Waals surface area contributed by atoms with Crippen LogP contribution in [0.1, 0.15) is 40.5 Å². The van der Waals surface area contributed by atoms with Crippen LogP contribution >= 0.6 is 0 Å². The number of aromatic nitrogens is 2. The van der Waals surface area contributed by atoms with Crippen molar-refractivity contribution in [2.24, 2.45) is 5.41 Å². The summed E-state index contributed by atoms with van der Waals surface area (Å²) in [7, 11) is 0. The summed E-state index contributed by atoms with van der Waals surface area (Å²) in [5.41, 5.74) is 1.04. The number of rotatable bonds is 5. The number of nitrogens with one attached hydrogen (secondary N) is 1. The van der Waals surface area contributed by atoms with E-state index in [4.69, 9.17) is 0 Å². The maximum absolute atomic E-state index is 12.3. The maximum atomic E-state index is 12.3. The van der Waals surface area contributed by atoms with E-state index in [9.17, 15) is 4.79 Å². The molecule has 1 aromatic heterocycles. The van der Waals surface area contributed by atoms with Crippen molar-refractivity contribution in [1.29, 1.82) is 0 Å². The van der Waals surface area contributed by atoms with Crippen molar-refractivity contribution in [2.45, 2.75) is 53.1 Å². The molecular formula is C16H28N4O. The van der Waals surface area contributed by atoms with Crippen LogP contribution in [-0.2, 0) is 6.54 Å². The Morgan fingerprint density at radius 3 is 2.52 bits per heavy atom. The number of hydrogen-bond donors (Lipinski definition) is 1. The van der Waals surface area contributed by atoms with E-state index in [1.807, 2.05) is 6.20 Å². The number of anilines is 1. The zero-order chi connectivity index (χ0) is 15.5. The summed E-state index contributed by atoms with van der Waals surface area (Å²) in [6, 6.07) is 1.95. The monoisotopic (exact) mass is 292 g/mol. The molecule has 1 atom stereocenters. The third kappa shape index (κ3) is 4.06. The molecular weight excluding hydrogens is 264 g/mol. The fourth-order valence-electron chi connectivity index (χ4n) is 2.77. The Morgan fingerprint density at radius 2 is 2.00 bits per heavy atom.